The second-order valence-corrected chi connectivity index (χ2v) is 9.08. The summed E-state index contributed by atoms with van der Waals surface area (Å²) < 4.78 is 5.52. The van der Waals surface area contributed by atoms with Crippen LogP contribution in [0.2, 0.25) is 0 Å². The summed E-state index contributed by atoms with van der Waals surface area (Å²) in [7, 11) is 2.07. The van der Waals surface area contributed by atoms with E-state index in [4.69, 9.17) is 4.52 Å². The monoisotopic (exact) mass is 422 g/mol. The van der Waals surface area contributed by atoms with Crippen LogP contribution < -0.4 is 4.90 Å². The summed E-state index contributed by atoms with van der Waals surface area (Å²) in [6.45, 7) is 3.11. The molecule has 164 valence electrons. The van der Waals surface area contributed by atoms with Crippen molar-refractivity contribution in [2.45, 2.75) is 50.5 Å². The smallest absolute Gasteiger partial charge is 0.297 e. The molecular weight excluding hydrogens is 392 g/mol. The van der Waals surface area contributed by atoms with Gasteiger partial charge in [0, 0.05) is 43.9 Å². The van der Waals surface area contributed by atoms with Gasteiger partial charge in [-0.25, -0.2) is 0 Å². The van der Waals surface area contributed by atoms with Crippen LogP contribution in [0.15, 0.2) is 34.9 Å². The largest absolute Gasteiger partial charge is 0.351 e. The van der Waals surface area contributed by atoms with Gasteiger partial charge in [0.1, 0.15) is 6.04 Å². The number of aromatic nitrogens is 1. The maximum absolute atomic E-state index is 13.7. The average molecular weight is 423 g/mol. The van der Waals surface area contributed by atoms with Crippen molar-refractivity contribution in [3.05, 3.63) is 47.3 Å². The Labute approximate surface area is 183 Å². The van der Waals surface area contributed by atoms with E-state index in [0.717, 1.165) is 49.3 Å². The molecule has 7 heteroatoms. The van der Waals surface area contributed by atoms with E-state index in [-0.39, 0.29) is 17.6 Å². The molecule has 2 aromatic rings. The first-order valence-electron chi connectivity index (χ1n) is 11.5. The lowest BCUT2D eigenvalue weighted by molar-refractivity contribution is -0.134. The number of likely N-dealkylation sites (N-methyl/N-ethyl adjacent to an activating group) is 1. The number of nitrogens with zero attached hydrogens (tertiary/aromatic N) is 4. The molecule has 1 aromatic carbocycles. The van der Waals surface area contributed by atoms with Gasteiger partial charge in [0.25, 0.3) is 5.91 Å². The predicted molar refractivity (Wildman–Crippen MR) is 117 cm³/mol. The fourth-order valence-corrected chi connectivity index (χ4v) is 5.19. The highest BCUT2D eigenvalue weighted by Crippen LogP contribution is 2.36. The molecule has 1 saturated heterocycles. The van der Waals surface area contributed by atoms with Crippen molar-refractivity contribution in [1.29, 1.82) is 0 Å². The van der Waals surface area contributed by atoms with Crippen LogP contribution in [0.5, 0.6) is 0 Å². The number of rotatable bonds is 3. The third-order valence-electron chi connectivity index (χ3n) is 7.08. The molecule has 1 saturated carbocycles. The normalized spacial score (nSPS) is 22.5. The number of benzene rings is 1. The Hall–Kier alpha value is -2.67. The maximum atomic E-state index is 13.7. The minimum Gasteiger partial charge on any atom is -0.351 e. The van der Waals surface area contributed by atoms with Crippen molar-refractivity contribution in [2.24, 2.45) is 0 Å². The summed E-state index contributed by atoms with van der Waals surface area (Å²) in [4.78, 5) is 32.9. The molecule has 1 aliphatic carbocycles. The number of carbonyl (C=O) groups excluding carboxylic acids is 2. The number of para-hydroxylation sites is 1. The van der Waals surface area contributed by atoms with E-state index in [1.807, 2.05) is 29.2 Å². The zero-order chi connectivity index (χ0) is 21.4. The number of piperazine rings is 1. The van der Waals surface area contributed by atoms with Crippen molar-refractivity contribution in [3.8, 4) is 0 Å². The highest BCUT2D eigenvalue weighted by molar-refractivity contribution is 6.09. The Kier molecular flexibility index (Phi) is 5.52. The average Bonchev–Trinajstić information content (AvgIpc) is 3.50. The number of hydrogen-bond donors (Lipinski definition) is 0. The molecule has 5 rings (SSSR count). The lowest BCUT2D eigenvalue weighted by Gasteiger charge is -2.40. The summed E-state index contributed by atoms with van der Waals surface area (Å²) >= 11 is 0. The number of fused-ring (bicyclic) bond motifs is 1. The lowest BCUT2D eigenvalue weighted by Crippen LogP contribution is -2.57. The quantitative estimate of drug-likeness (QED) is 0.760. The molecule has 0 bridgehead atoms. The molecule has 2 aliphatic heterocycles. The van der Waals surface area contributed by atoms with E-state index in [1.54, 1.807) is 11.0 Å². The van der Waals surface area contributed by atoms with Gasteiger partial charge in [-0.05, 0) is 44.4 Å². The van der Waals surface area contributed by atoms with Gasteiger partial charge in [-0.1, -0.05) is 36.2 Å². The van der Waals surface area contributed by atoms with E-state index < -0.39 is 6.04 Å². The second-order valence-electron chi connectivity index (χ2n) is 9.08. The summed E-state index contributed by atoms with van der Waals surface area (Å²) in [5, 5.41) is 4.21. The minimum atomic E-state index is -0.508. The van der Waals surface area contributed by atoms with Crippen LogP contribution in [-0.2, 0) is 11.2 Å². The van der Waals surface area contributed by atoms with E-state index in [9.17, 15) is 9.59 Å². The zero-order valence-electron chi connectivity index (χ0n) is 18.1. The molecular formula is C24H30N4O3. The van der Waals surface area contributed by atoms with Crippen molar-refractivity contribution in [3.63, 3.8) is 0 Å². The van der Waals surface area contributed by atoms with Gasteiger partial charge in [0.2, 0.25) is 11.7 Å². The molecule has 1 atom stereocenters. The highest BCUT2D eigenvalue weighted by Gasteiger charge is 2.40. The maximum Gasteiger partial charge on any atom is 0.297 e. The van der Waals surface area contributed by atoms with Gasteiger partial charge in [-0.15, -0.1) is 0 Å². The van der Waals surface area contributed by atoms with Crippen molar-refractivity contribution in [1.82, 2.24) is 15.0 Å². The molecule has 2 fully saturated rings. The number of carbonyl (C=O) groups is 2. The Morgan fingerprint density at radius 1 is 1.03 bits per heavy atom. The molecule has 0 radical (unpaired) electrons. The first-order chi connectivity index (χ1) is 15.1. The topological polar surface area (TPSA) is 69.9 Å². The molecule has 7 nitrogen and oxygen atoms in total. The van der Waals surface area contributed by atoms with Crippen LogP contribution in [0.3, 0.4) is 0 Å². The predicted octanol–water partition coefficient (Wildman–Crippen LogP) is 3.07. The van der Waals surface area contributed by atoms with Crippen LogP contribution >= 0.6 is 0 Å². The van der Waals surface area contributed by atoms with Crippen molar-refractivity contribution < 1.29 is 14.1 Å². The highest BCUT2D eigenvalue weighted by atomic mass is 16.5. The van der Waals surface area contributed by atoms with E-state index in [0.29, 0.717) is 25.4 Å². The molecule has 31 heavy (non-hydrogen) atoms. The van der Waals surface area contributed by atoms with Crippen molar-refractivity contribution >= 4 is 17.5 Å². The fourth-order valence-electron chi connectivity index (χ4n) is 5.19. The van der Waals surface area contributed by atoms with Crippen LogP contribution in [0.4, 0.5) is 5.69 Å². The Balaban J connectivity index is 1.44. The number of amides is 2. The number of hydrogen-bond acceptors (Lipinski definition) is 5. The third-order valence-corrected chi connectivity index (χ3v) is 7.08. The molecule has 0 spiro atoms. The van der Waals surface area contributed by atoms with E-state index in [1.165, 1.54) is 12.8 Å². The Bertz CT molecular complexity index is 957. The second kappa shape index (κ2) is 8.46. The SMILES string of the molecule is CN1CCN(C(=O)C2CCc3ccccc3N2C(=O)c2cc(C3CCCC3)no2)CC1. The Morgan fingerprint density at radius 3 is 2.55 bits per heavy atom. The first-order valence-corrected chi connectivity index (χ1v) is 11.5. The third kappa shape index (κ3) is 3.87. The van der Waals surface area contributed by atoms with Gasteiger partial charge >= 0.3 is 0 Å². The van der Waals surface area contributed by atoms with Crippen LogP contribution in [-0.4, -0.2) is 66.0 Å². The summed E-state index contributed by atoms with van der Waals surface area (Å²) in [5.41, 5.74) is 2.77. The molecule has 3 aliphatic rings. The number of anilines is 1. The van der Waals surface area contributed by atoms with E-state index in [2.05, 4.69) is 17.1 Å². The van der Waals surface area contributed by atoms with Crippen molar-refractivity contribution in [2.75, 3.05) is 38.1 Å². The fraction of sp³-hybridized carbons (Fsp3) is 0.542. The van der Waals surface area contributed by atoms with Crippen LogP contribution in [0.1, 0.15) is 59.8 Å². The zero-order valence-corrected chi connectivity index (χ0v) is 18.1. The van der Waals surface area contributed by atoms with Gasteiger partial charge in [-0.3, -0.25) is 14.5 Å². The van der Waals surface area contributed by atoms with Gasteiger partial charge in [0.15, 0.2) is 0 Å². The first kappa shape index (κ1) is 20.2. The summed E-state index contributed by atoms with van der Waals surface area (Å²) in [5.74, 6) is 0.374. The summed E-state index contributed by atoms with van der Waals surface area (Å²) in [6, 6.07) is 9.17. The van der Waals surface area contributed by atoms with Gasteiger partial charge in [0.05, 0.1) is 5.69 Å². The molecule has 1 aromatic heterocycles. The lowest BCUT2D eigenvalue weighted by atomic mass is 9.94. The van der Waals surface area contributed by atoms with Crippen LogP contribution in [0, 0.1) is 0 Å². The molecule has 0 N–H and O–H groups in total. The van der Waals surface area contributed by atoms with Gasteiger partial charge in [-0.2, -0.15) is 0 Å². The molecule has 2 amide bonds. The standard InChI is InChI=1S/C24H30N4O3/c1-26-12-14-27(15-13-26)23(29)21-11-10-18-8-4-5-9-20(18)28(21)24(30)22-16-19(25-31-22)17-6-2-3-7-17/h4-5,8-9,16-17,21H,2-3,6-7,10-15H2,1H3. The van der Waals surface area contributed by atoms with E-state index >= 15 is 0 Å². The molecule has 3 heterocycles. The minimum absolute atomic E-state index is 0.0338. The Morgan fingerprint density at radius 2 is 1.77 bits per heavy atom. The van der Waals surface area contributed by atoms with Crippen LogP contribution in [0.25, 0.3) is 0 Å². The van der Waals surface area contributed by atoms with Gasteiger partial charge < -0.3 is 14.3 Å². The molecule has 1 unspecified atom stereocenters. The number of aryl methyl sites for hydroxylation is 1. The summed E-state index contributed by atoms with van der Waals surface area (Å²) in [6.07, 6.45) is 5.99.